The van der Waals surface area contributed by atoms with E-state index in [4.69, 9.17) is 19.4 Å². The summed E-state index contributed by atoms with van der Waals surface area (Å²) in [5.41, 5.74) is 5.06. The zero-order valence-corrected chi connectivity index (χ0v) is 19.8. The maximum absolute atomic E-state index is 5.92. The predicted molar refractivity (Wildman–Crippen MR) is 136 cm³/mol. The molecular weight excluding hydrogens is 428 g/mol. The Morgan fingerprint density at radius 2 is 1.91 bits per heavy atom. The highest BCUT2D eigenvalue weighted by Gasteiger charge is 2.18. The number of H-pyrrole nitrogens is 1. The van der Waals surface area contributed by atoms with Crippen molar-refractivity contribution in [3.05, 3.63) is 59.8 Å². The molecule has 8 heteroatoms. The Bertz CT molecular complexity index is 1300. The van der Waals surface area contributed by atoms with Gasteiger partial charge in [0.25, 0.3) is 0 Å². The van der Waals surface area contributed by atoms with Crippen LogP contribution >= 0.6 is 0 Å². The number of likely N-dealkylation sites (N-methyl/N-ethyl adjacent to an activating group) is 1. The fourth-order valence-corrected chi connectivity index (χ4v) is 4.24. The summed E-state index contributed by atoms with van der Waals surface area (Å²) in [4.78, 5) is 15.0. The fourth-order valence-electron chi connectivity index (χ4n) is 4.24. The molecule has 0 saturated carbocycles. The molecule has 0 radical (unpaired) electrons. The average Bonchev–Trinajstić information content (AvgIpc) is 3.32. The SMILES string of the molecule is CCCOc1ccccc1Nc1nc(Nc2cc3c(cc2OC)CCN(C)C3)nc2[nH]ccc12. The lowest BCUT2D eigenvalue weighted by Gasteiger charge is -2.26. The molecule has 0 bridgehead atoms. The van der Waals surface area contributed by atoms with Crippen LogP contribution in [0.5, 0.6) is 11.5 Å². The Labute approximate surface area is 199 Å². The van der Waals surface area contributed by atoms with Crippen LogP contribution in [0.3, 0.4) is 0 Å². The van der Waals surface area contributed by atoms with E-state index in [2.05, 4.69) is 46.6 Å². The van der Waals surface area contributed by atoms with Crippen molar-refractivity contribution in [3.8, 4) is 11.5 Å². The summed E-state index contributed by atoms with van der Waals surface area (Å²) in [6.07, 6.45) is 3.82. The molecule has 0 aliphatic carbocycles. The highest BCUT2D eigenvalue weighted by atomic mass is 16.5. The monoisotopic (exact) mass is 458 g/mol. The number of rotatable bonds is 8. The number of benzene rings is 2. The minimum Gasteiger partial charge on any atom is -0.495 e. The van der Waals surface area contributed by atoms with Crippen LogP contribution in [-0.4, -0.2) is 47.2 Å². The van der Waals surface area contributed by atoms with Crippen LogP contribution in [0.1, 0.15) is 24.5 Å². The second kappa shape index (κ2) is 9.61. The van der Waals surface area contributed by atoms with E-state index >= 15 is 0 Å². The second-order valence-electron chi connectivity index (χ2n) is 8.54. The number of aromatic nitrogens is 3. The first-order chi connectivity index (χ1) is 16.6. The van der Waals surface area contributed by atoms with Gasteiger partial charge in [-0.25, -0.2) is 0 Å². The van der Waals surface area contributed by atoms with Gasteiger partial charge in [-0.05, 0) is 61.3 Å². The molecular formula is C26H30N6O2. The lowest BCUT2D eigenvalue weighted by Crippen LogP contribution is -2.26. The molecule has 5 rings (SSSR count). The number of para-hydroxylation sites is 2. The zero-order chi connectivity index (χ0) is 23.5. The van der Waals surface area contributed by atoms with Crippen molar-refractivity contribution < 1.29 is 9.47 Å². The third kappa shape index (κ3) is 4.49. The summed E-state index contributed by atoms with van der Waals surface area (Å²) in [5.74, 6) is 2.75. The van der Waals surface area contributed by atoms with E-state index in [-0.39, 0.29) is 0 Å². The molecule has 0 fully saturated rings. The van der Waals surface area contributed by atoms with Crippen molar-refractivity contribution in [3.63, 3.8) is 0 Å². The molecule has 0 amide bonds. The number of nitrogens with zero attached hydrogens (tertiary/aromatic N) is 3. The number of hydrogen-bond donors (Lipinski definition) is 3. The Balaban J connectivity index is 1.49. The molecule has 8 nitrogen and oxygen atoms in total. The second-order valence-corrected chi connectivity index (χ2v) is 8.54. The van der Waals surface area contributed by atoms with Gasteiger partial charge in [0.1, 0.15) is 23.0 Å². The first-order valence-corrected chi connectivity index (χ1v) is 11.6. The molecule has 0 saturated heterocycles. The van der Waals surface area contributed by atoms with Crippen LogP contribution in [0.15, 0.2) is 48.7 Å². The van der Waals surface area contributed by atoms with Gasteiger partial charge in [-0.2, -0.15) is 9.97 Å². The van der Waals surface area contributed by atoms with Gasteiger partial charge in [-0.15, -0.1) is 0 Å². The van der Waals surface area contributed by atoms with Crippen LogP contribution in [0.25, 0.3) is 11.0 Å². The maximum Gasteiger partial charge on any atom is 0.231 e. The molecule has 176 valence electrons. The topological polar surface area (TPSA) is 87.3 Å². The van der Waals surface area contributed by atoms with E-state index in [1.54, 1.807) is 7.11 Å². The third-order valence-electron chi connectivity index (χ3n) is 5.99. The van der Waals surface area contributed by atoms with Gasteiger partial charge in [-0.1, -0.05) is 19.1 Å². The van der Waals surface area contributed by atoms with Crippen molar-refractivity contribution in [2.24, 2.45) is 0 Å². The first kappa shape index (κ1) is 22.0. The smallest absolute Gasteiger partial charge is 0.231 e. The molecule has 3 heterocycles. The van der Waals surface area contributed by atoms with Gasteiger partial charge in [0, 0.05) is 19.3 Å². The summed E-state index contributed by atoms with van der Waals surface area (Å²) in [7, 11) is 3.83. The summed E-state index contributed by atoms with van der Waals surface area (Å²) in [5, 5.41) is 7.73. The number of hydrogen-bond acceptors (Lipinski definition) is 7. The summed E-state index contributed by atoms with van der Waals surface area (Å²) in [6.45, 7) is 4.71. The van der Waals surface area contributed by atoms with E-state index in [1.165, 1.54) is 11.1 Å². The van der Waals surface area contributed by atoms with Gasteiger partial charge >= 0.3 is 0 Å². The standard InChI is InChI=1S/C26H30N6O2/c1-4-13-34-22-8-6-5-7-20(22)28-25-19-9-11-27-24(19)30-26(31-25)29-21-14-18-16-32(2)12-10-17(18)15-23(21)33-3/h5-9,11,14-15H,4,10,12-13,16H2,1-3H3,(H3,27,28,29,30,31). The molecule has 4 aromatic rings. The maximum atomic E-state index is 5.92. The average molecular weight is 459 g/mol. The van der Waals surface area contributed by atoms with Crippen molar-refractivity contribution in [1.29, 1.82) is 0 Å². The normalized spacial score (nSPS) is 13.5. The Hall–Kier alpha value is -3.78. The van der Waals surface area contributed by atoms with Crippen LogP contribution in [-0.2, 0) is 13.0 Å². The molecule has 3 N–H and O–H groups in total. The van der Waals surface area contributed by atoms with Gasteiger partial charge in [0.15, 0.2) is 0 Å². The minimum atomic E-state index is 0.479. The summed E-state index contributed by atoms with van der Waals surface area (Å²) < 4.78 is 11.6. The van der Waals surface area contributed by atoms with E-state index < -0.39 is 0 Å². The van der Waals surface area contributed by atoms with Crippen molar-refractivity contribution in [2.75, 3.05) is 37.9 Å². The van der Waals surface area contributed by atoms with Crippen molar-refractivity contribution in [2.45, 2.75) is 26.3 Å². The van der Waals surface area contributed by atoms with Gasteiger partial charge in [0.2, 0.25) is 5.95 Å². The number of aromatic amines is 1. The van der Waals surface area contributed by atoms with E-state index in [0.29, 0.717) is 18.4 Å². The largest absolute Gasteiger partial charge is 0.495 e. The molecule has 0 spiro atoms. The minimum absolute atomic E-state index is 0.479. The van der Waals surface area contributed by atoms with Crippen LogP contribution in [0, 0.1) is 0 Å². The quantitative estimate of drug-likeness (QED) is 0.333. The number of ether oxygens (including phenoxy) is 2. The van der Waals surface area contributed by atoms with Gasteiger partial charge < -0.3 is 30.0 Å². The van der Waals surface area contributed by atoms with E-state index in [1.807, 2.05) is 36.5 Å². The summed E-state index contributed by atoms with van der Waals surface area (Å²) >= 11 is 0. The van der Waals surface area contributed by atoms with Crippen LogP contribution < -0.4 is 20.1 Å². The lowest BCUT2D eigenvalue weighted by atomic mass is 9.99. The number of anilines is 4. The third-order valence-corrected chi connectivity index (χ3v) is 5.99. The van der Waals surface area contributed by atoms with Gasteiger partial charge in [-0.3, -0.25) is 0 Å². The Morgan fingerprint density at radius 1 is 1.03 bits per heavy atom. The molecule has 1 aliphatic heterocycles. The Morgan fingerprint density at radius 3 is 2.76 bits per heavy atom. The zero-order valence-electron chi connectivity index (χ0n) is 19.8. The highest BCUT2D eigenvalue weighted by molar-refractivity contribution is 5.91. The van der Waals surface area contributed by atoms with E-state index in [0.717, 1.165) is 59.8 Å². The molecule has 2 aromatic heterocycles. The van der Waals surface area contributed by atoms with Crippen molar-refractivity contribution >= 4 is 34.2 Å². The molecule has 34 heavy (non-hydrogen) atoms. The summed E-state index contributed by atoms with van der Waals surface area (Å²) in [6, 6.07) is 14.1. The molecule has 2 aromatic carbocycles. The first-order valence-electron chi connectivity index (χ1n) is 11.6. The molecule has 0 unspecified atom stereocenters. The van der Waals surface area contributed by atoms with Crippen LogP contribution in [0.4, 0.5) is 23.1 Å². The fraction of sp³-hybridized carbons (Fsp3) is 0.308. The number of nitrogens with one attached hydrogen (secondary N) is 3. The molecule has 1 aliphatic rings. The number of methoxy groups -OCH3 is 1. The van der Waals surface area contributed by atoms with Gasteiger partial charge in [0.05, 0.1) is 30.5 Å². The van der Waals surface area contributed by atoms with Crippen molar-refractivity contribution in [1.82, 2.24) is 19.9 Å². The number of fused-ring (bicyclic) bond motifs is 2. The Kier molecular flexibility index (Phi) is 6.22. The van der Waals surface area contributed by atoms with Crippen LogP contribution in [0.2, 0.25) is 0 Å². The molecule has 0 atom stereocenters. The lowest BCUT2D eigenvalue weighted by molar-refractivity contribution is 0.312. The van der Waals surface area contributed by atoms with E-state index in [9.17, 15) is 0 Å². The highest BCUT2D eigenvalue weighted by Crippen LogP contribution is 2.35. The predicted octanol–water partition coefficient (Wildman–Crippen LogP) is 5.23.